The number of carbonyl (C=O) groups excluding carboxylic acids is 1. The Balaban J connectivity index is 3.77. The SMILES string of the molecule is C=CC(/C=C/CCCOC(=O)OCC)C(C)(C)O. The minimum absolute atomic E-state index is 0.0801. The van der Waals surface area contributed by atoms with Crippen LogP contribution in [0.5, 0.6) is 0 Å². The highest BCUT2D eigenvalue weighted by Gasteiger charge is 2.20. The average molecular weight is 256 g/mol. The molecule has 0 heterocycles. The maximum atomic E-state index is 10.9. The Morgan fingerprint density at radius 2 is 2.11 bits per heavy atom. The fourth-order valence-corrected chi connectivity index (χ4v) is 1.36. The molecule has 0 aliphatic carbocycles. The summed E-state index contributed by atoms with van der Waals surface area (Å²) in [5.74, 6) is -0.0801. The van der Waals surface area contributed by atoms with E-state index in [2.05, 4.69) is 11.3 Å². The van der Waals surface area contributed by atoms with Crippen LogP contribution in [0.2, 0.25) is 0 Å². The molecule has 0 aliphatic rings. The van der Waals surface area contributed by atoms with Gasteiger partial charge in [-0.25, -0.2) is 4.79 Å². The highest BCUT2D eigenvalue weighted by atomic mass is 16.7. The van der Waals surface area contributed by atoms with Crippen molar-refractivity contribution in [3.8, 4) is 0 Å². The first-order chi connectivity index (χ1) is 8.41. The Morgan fingerprint density at radius 3 is 2.61 bits per heavy atom. The number of allylic oxidation sites excluding steroid dienone is 1. The van der Waals surface area contributed by atoms with Crippen LogP contribution >= 0.6 is 0 Å². The molecule has 0 aromatic heterocycles. The standard InChI is InChI=1S/C14H24O4/c1-5-12(14(3,4)16)10-8-7-9-11-18-13(15)17-6-2/h5,8,10,12,16H,1,6-7,9,11H2,2-4H3/b10-8+. The molecule has 0 aromatic rings. The second kappa shape index (κ2) is 8.75. The van der Waals surface area contributed by atoms with Crippen LogP contribution in [0.3, 0.4) is 0 Å². The smallest absolute Gasteiger partial charge is 0.435 e. The average Bonchev–Trinajstić information content (AvgIpc) is 2.26. The molecule has 4 heteroatoms. The van der Waals surface area contributed by atoms with Crippen molar-refractivity contribution in [1.82, 2.24) is 0 Å². The predicted molar refractivity (Wildman–Crippen MR) is 71.3 cm³/mol. The molecule has 1 atom stereocenters. The van der Waals surface area contributed by atoms with Crippen molar-refractivity contribution in [2.75, 3.05) is 13.2 Å². The fourth-order valence-electron chi connectivity index (χ4n) is 1.36. The van der Waals surface area contributed by atoms with Crippen molar-refractivity contribution < 1.29 is 19.4 Å². The summed E-state index contributed by atoms with van der Waals surface area (Å²) in [5.41, 5.74) is -0.806. The van der Waals surface area contributed by atoms with Crippen LogP contribution in [0, 0.1) is 5.92 Å². The Bertz CT molecular complexity index is 276. The van der Waals surface area contributed by atoms with Gasteiger partial charge in [0.25, 0.3) is 0 Å². The first-order valence-corrected chi connectivity index (χ1v) is 6.23. The van der Waals surface area contributed by atoms with E-state index in [4.69, 9.17) is 4.74 Å². The third-order valence-electron chi connectivity index (χ3n) is 2.41. The summed E-state index contributed by atoms with van der Waals surface area (Å²) >= 11 is 0. The molecule has 4 nitrogen and oxygen atoms in total. The lowest BCUT2D eigenvalue weighted by atomic mass is 9.90. The third kappa shape index (κ3) is 7.90. The van der Waals surface area contributed by atoms with Crippen molar-refractivity contribution in [3.63, 3.8) is 0 Å². The molecule has 1 unspecified atom stereocenters. The van der Waals surface area contributed by atoms with E-state index in [-0.39, 0.29) is 5.92 Å². The molecule has 0 amide bonds. The molecule has 0 spiro atoms. The number of hydrogen-bond donors (Lipinski definition) is 1. The molecular formula is C14H24O4. The number of aliphatic hydroxyl groups is 1. The van der Waals surface area contributed by atoms with E-state index in [0.29, 0.717) is 13.2 Å². The zero-order valence-electron chi connectivity index (χ0n) is 11.5. The molecular weight excluding hydrogens is 232 g/mol. The summed E-state index contributed by atoms with van der Waals surface area (Å²) in [6.45, 7) is 9.57. The van der Waals surface area contributed by atoms with Gasteiger partial charge in [-0.05, 0) is 33.6 Å². The Kier molecular flexibility index (Phi) is 8.12. The molecule has 1 N–H and O–H groups in total. The van der Waals surface area contributed by atoms with Crippen molar-refractivity contribution in [2.24, 2.45) is 5.92 Å². The van der Waals surface area contributed by atoms with E-state index in [1.165, 1.54) is 0 Å². The van der Waals surface area contributed by atoms with Gasteiger partial charge in [-0.1, -0.05) is 18.2 Å². The molecule has 0 fully saturated rings. The number of hydrogen-bond acceptors (Lipinski definition) is 4. The van der Waals surface area contributed by atoms with E-state index in [9.17, 15) is 9.90 Å². The number of ether oxygens (including phenoxy) is 2. The molecule has 0 bridgehead atoms. The summed E-state index contributed by atoms with van der Waals surface area (Å²) in [4.78, 5) is 10.9. The van der Waals surface area contributed by atoms with Gasteiger partial charge < -0.3 is 14.6 Å². The predicted octanol–water partition coefficient (Wildman–Crippen LogP) is 3.07. The highest BCUT2D eigenvalue weighted by Crippen LogP contribution is 2.19. The van der Waals surface area contributed by atoms with Gasteiger partial charge in [-0.3, -0.25) is 0 Å². The molecule has 18 heavy (non-hydrogen) atoms. The highest BCUT2D eigenvalue weighted by molar-refractivity contribution is 5.59. The van der Waals surface area contributed by atoms with Gasteiger partial charge in [-0.15, -0.1) is 6.58 Å². The molecule has 0 rings (SSSR count). The quantitative estimate of drug-likeness (QED) is 0.412. The summed E-state index contributed by atoms with van der Waals surface area (Å²) < 4.78 is 9.44. The summed E-state index contributed by atoms with van der Waals surface area (Å²) in [7, 11) is 0. The maximum absolute atomic E-state index is 10.9. The maximum Gasteiger partial charge on any atom is 0.508 e. The monoisotopic (exact) mass is 256 g/mol. The van der Waals surface area contributed by atoms with Gasteiger partial charge in [0, 0.05) is 5.92 Å². The largest absolute Gasteiger partial charge is 0.508 e. The lowest BCUT2D eigenvalue weighted by Gasteiger charge is -2.23. The topological polar surface area (TPSA) is 55.8 Å². The second-order valence-electron chi connectivity index (χ2n) is 4.52. The minimum Gasteiger partial charge on any atom is -0.435 e. The Labute approximate surface area is 109 Å². The number of rotatable bonds is 8. The Hall–Kier alpha value is -1.29. The van der Waals surface area contributed by atoms with Crippen molar-refractivity contribution in [3.05, 3.63) is 24.8 Å². The molecule has 0 saturated carbocycles. The van der Waals surface area contributed by atoms with Gasteiger partial charge in [0.15, 0.2) is 0 Å². The van der Waals surface area contributed by atoms with Crippen molar-refractivity contribution in [2.45, 2.75) is 39.2 Å². The first-order valence-electron chi connectivity index (χ1n) is 6.23. The summed E-state index contributed by atoms with van der Waals surface area (Å²) in [6.07, 6.45) is 6.47. The van der Waals surface area contributed by atoms with Gasteiger partial charge in [-0.2, -0.15) is 0 Å². The molecule has 0 aliphatic heterocycles. The van der Waals surface area contributed by atoms with E-state index < -0.39 is 11.8 Å². The first kappa shape index (κ1) is 16.7. The van der Waals surface area contributed by atoms with Gasteiger partial charge in [0.05, 0.1) is 18.8 Å². The van der Waals surface area contributed by atoms with Crippen LogP contribution in [-0.4, -0.2) is 30.1 Å². The van der Waals surface area contributed by atoms with E-state index in [1.54, 1.807) is 26.8 Å². The molecule has 104 valence electrons. The van der Waals surface area contributed by atoms with Crippen LogP contribution in [0.15, 0.2) is 24.8 Å². The Morgan fingerprint density at radius 1 is 1.44 bits per heavy atom. The lowest BCUT2D eigenvalue weighted by molar-refractivity contribution is 0.0545. The van der Waals surface area contributed by atoms with Gasteiger partial charge in [0.2, 0.25) is 0 Å². The normalized spacial score (nSPS) is 13.3. The zero-order valence-corrected chi connectivity index (χ0v) is 11.5. The van der Waals surface area contributed by atoms with Gasteiger partial charge in [0.1, 0.15) is 0 Å². The summed E-state index contributed by atoms with van der Waals surface area (Å²) in [5, 5.41) is 9.80. The van der Waals surface area contributed by atoms with Gasteiger partial charge >= 0.3 is 6.16 Å². The van der Waals surface area contributed by atoms with Crippen LogP contribution < -0.4 is 0 Å². The van der Waals surface area contributed by atoms with Crippen LogP contribution in [0.1, 0.15) is 33.6 Å². The molecule has 0 aromatic carbocycles. The van der Waals surface area contributed by atoms with E-state index in [1.807, 2.05) is 12.2 Å². The number of carbonyl (C=O) groups is 1. The minimum atomic E-state index is -0.806. The number of unbranched alkanes of at least 4 members (excludes halogenated alkanes) is 1. The van der Waals surface area contributed by atoms with E-state index in [0.717, 1.165) is 12.8 Å². The third-order valence-corrected chi connectivity index (χ3v) is 2.41. The molecule has 0 radical (unpaired) electrons. The second-order valence-corrected chi connectivity index (χ2v) is 4.52. The summed E-state index contributed by atoms with van der Waals surface area (Å²) in [6, 6.07) is 0. The van der Waals surface area contributed by atoms with Crippen LogP contribution in [-0.2, 0) is 9.47 Å². The van der Waals surface area contributed by atoms with Crippen molar-refractivity contribution in [1.29, 1.82) is 0 Å². The molecule has 0 saturated heterocycles. The van der Waals surface area contributed by atoms with Crippen LogP contribution in [0.4, 0.5) is 4.79 Å². The zero-order chi connectivity index (χ0) is 14.0. The fraction of sp³-hybridized carbons (Fsp3) is 0.643. The van der Waals surface area contributed by atoms with Crippen molar-refractivity contribution >= 4 is 6.16 Å². The lowest BCUT2D eigenvalue weighted by Crippen LogP contribution is -2.27. The van der Waals surface area contributed by atoms with E-state index >= 15 is 0 Å². The van der Waals surface area contributed by atoms with Crippen LogP contribution in [0.25, 0.3) is 0 Å².